The number of esters is 1. The second-order valence-corrected chi connectivity index (χ2v) is 17.3. The van der Waals surface area contributed by atoms with Gasteiger partial charge < -0.3 is 25.6 Å². The van der Waals surface area contributed by atoms with Crippen LogP contribution in [0.2, 0.25) is 0 Å². The Balaban J connectivity index is 4.33. The molecule has 2 unspecified atom stereocenters. The van der Waals surface area contributed by atoms with E-state index >= 15 is 0 Å². The van der Waals surface area contributed by atoms with Gasteiger partial charge in [-0.25, -0.2) is 4.79 Å². The molecule has 0 fully saturated rings. The summed E-state index contributed by atoms with van der Waals surface area (Å²) >= 11 is 0. The maximum absolute atomic E-state index is 12.9. The first-order chi connectivity index (χ1) is 29.3. The molecule has 0 aliphatic heterocycles. The third-order valence-electron chi connectivity index (χ3n) is 11.5. The summed E-state index contributed by atoms with van der Waals surface area (Å²) in [5.41, 5.74) is 0. The van der Waals surface area contributed by atoms with Crippen molar-refractivity contribution >= 4 is 23.8 Å². The topological polar surface area (TPSA) is 142 Å². The molecule has 0 bridgehead atoms. The van der Waals surface area contributed by atoms with E-state index in [1.807, 2.05) is 0 Å². The number of aliphatic hydroxyl groups is 1. The molecule has 0 heterocycles. The van der Waals surface area contributed by atoms with Crippen molar-refractivity contribution in [2.24, 2.45) is 0 Å². The molecule has 0 spiro atoms. The molecular weight excluding hydrogens is 753 g/mol. The third kappa shape index (κ3) is 42.0. The maximum atomic E-state index is 12.9. The van der Waals surface area contributed by atoms with Crippen LogP contribution in [-0.4, -0.2) is 59.3 Å². The van der Waals surface area contributed by atoms with Crippen LogP contribution in [-0.2, 0) is 23.9 Å². The molecule has 0 rings (SSSR count). The molecule has 0 aromatic carbocycles. The van der Waals surface area contributed by atoms with Gasteiger partial charge in [0.2, 0.25) is 11.8 Å². The zero-order valence-electron chi connectivity index (χ0n) is 39.0. The van der Waals surface area contributed by atoms with Crippen molar-refractivity contribution in [1.82, 2.24) is 10.6 Å². The van der Waals surface area contributed by atoms with Gasteiger partial charge in [0.05, 0.1) is 13.2 Å². The molecule has 0 aliphatic carbocycles. The van der Waals surface area contributed by atoms with Gasteiger partial charge in [-0.1, -0.05) is 192 Å². The molecule has 0 aromatic heterocycles. The number of carboxylic acid groups (broad SMARTS) is 1. The molecule has 2 amide bonds. The number of aliphatic carboxylic acids is 1. The number of carboxylic acids is 1. The van der Waals surface area contributed by atoms with Crippen LogP contribution in [0.25, 0.3) is 0 Å². The summed E-state index contributed by atoms with van der Waals surface area (Å²) in [7, 11) is 0. The highest BCUT2D eigenvalue weighted by molar-refractivity contribution is 5.87. The number of nitrogens with one attached hydrogen (secondary N) is 2. The number of hydrogen-bond acceptors (Lipinski definition) is 6. The maximum Gasteiger partial charge on any atom is 0.328 e. The minimum absolute atomic E-state index is 0.0329. The third-order valence-corrected chi connectivity index (χ3v) is 11.5. The number of rotatable bonds is 46. The van der Waals surface area contributed by atoms with Crippen molar-refractivity contribution in [2.75, 3.05) is 13.2 Å². The van der Waals surface area contributed by atoms with Crippen LogP contribution < -0.4 is 10.6 Å². The average molecular weight is 847 g/mol. The van der Waals surface area contributed by atoms with Crippen molar-refractivity contribution < 1.29 is 34.1 Å². The van der Waals surface area contributed by atoms with Crippen LogP contribution in [0.5, 0.6) is 0 Å². The second kappa shape index (κ2) is 45.8. The van der Waals surface area contributed by atoms with Gasteiger partial charge in [0.25, 0.3) is 0 Å². The van der Waals surface area contributed by atoms with Crippen LogP contribution in [0.1, 0.15) is 251 Å². The minimum atomic E-state index is -1.38. The standard InChI is InChI=1S/C51H94N2O7/c1-3-5-7-9-11-13-15-17-19-20-22-24-26-28-30-35-39-43-50(57)60-46(40-36-32-29-27-25-23-21-18-16-14-12-10-8-6-4-2)41-37-33-31-34-38-42-48(55)52-44-49(56)53-47(45-54)51(58)59/h16,18,23,25,46-47,54H,3-15,17,19-22,24,26-45H2,1-2H3,(H,52,55)(H,53,56)(H,58,59)/b18-16-,25-23-. The van der Waals surface area contributed by atoms with Gasteiger partial charge in [0.1, 0.15) is 12.1 Å². The highest BCUT2D eigenvalue weighted by Gasteiger charge is 2.19. The summed E-state index contributed by atoms with van der Waals surface area (Å²) < 4.78 is 6.06. The first-order valence-electron chi connectivity index (χ1n) is 25.2. The van der Waals surface area contributed by atoms with Crippen LogP contribution in [0.3, 0.4) is 0 Å². The fourth-order valence-electron chi connectivity index (χ4n) is 7.57. The van der Waals surface area contributed by atoms with Gasteiger partial charge in [-0.15, -0.1) is 0 Å². The molecule has 9 heteroatoms. The van der Waals surface area contributed by atoms with E-state index in [4.69, 9.17) is 14.9 Å². The highest BCUT2D eigenvalue weighted by Crippen LogP contribution is 2.19. The highest BCUT2D eigenvalue weighted by atomic mass is 16.5. The normalized spacial score (nSPS) is 12.6. The van der Waals surface area contributed by atoms with E-state index in [1.54, 1.807) is 0 Å². The molecule has 0 aliphatic rings. The fraction of sp³-hybridized carbons (Fsp3) is 0.843. The number of aliphatic hydroxyl groups excluding tert-OH is 1. The van der Waals surface area contributed by atoms with Crippen molar-refractivity contribution in [1.29, 1.82) is 0 Å². The van der Waals surface area contributed by atoms with E-state index in [0.29, 0.717) is 19.3 Å². The zero-order chi connectivity index (χ0) is 44.0. The Morgan fingerprint density at radius 1 is 0.500 bits per heavy atom. The van der Waals surface area contributed by atoms with Gasteiger partial charge >= 0.3 is 11.9 Å². The summed E-state index contributed by atoms with van der Waals surface area (Å²) in [6, 6.07) is -1.38. The van der Waals surface area contributed by atoms with Crippen LogP contribution >= 0.6 is 0 Å². The van der Waals surface area contributed by atoms with Crippen molar-refractivity contribution in [3.8, 4) is 0 Å². The Morgan fingerprint density at radius 2 is 0.900 bits per heavy atom. The van der Waals surface area contributed by atoms with Gasteiger partial charge in [-0.2, -0.15) is 0 Å². The number of carbonyl (C=O) groups is 4. The predicted octanol–water partition coefficient (Wildman–Crippen LogP) is 13.2. The molecule has 0 saturated carbocycles. The lowest BCUT2D eigenvalue weighted by molar-refractivity contribution is -0.150. The lowest BCUT2D eigenvalue weighted by Gasteiger charge is -2.18. The quantitative estimate of drug-likeness (QED) is 0.0271. The fourth-order valence-corrected chi connectivity index (χ4v) is 7.57. The van der Waals surface area contributed by atoms with E-state index in [9.17, 15) is 19.2 Å². The van der Waals surface area contributed by atoms with Gasteiger partial charge in [-0.3, -0.25) is 14.4 Å². The Hall–Kier alpha value is -2.68. The van der Waals surface area contributed by atoms with Gasteiger partial charge in [-0.05, 0) is 70.6 Å². The zero-order valence-corrected chi connectivity index (χ0v) is 39.0. The smallest absolute Gasteiger partial charge is 0.328 e. The second-order valence-electron chi connectivity index (χ2n) is 17.3. The molecule has 0 saturated heterocycles. The lowest BCUT2D eigenvalue weighted by atomic mass is 10.0. The molecule has 9 nitrogen and oxygen atoms in total. The van der Waals surface area contributed by atoms with Gasteiger partial charge in [0, 0.05) is 12.8 Å². The average Bonchev–Trinajstić information content (AvgIpc) is 3.23. The first kappa shape index (κ1) is 57.3. The molecule has 0 aromatic rings. The number of amides is 2. The molecule has 0 radical (unpaired) electrons. The molecular formula is C51H94N2O7. The number of ether oxygens (including phenoxy) is 1. The molecule has 60 heavy (non-hydrogen) atoms. The van der Waals surface area contributed by atoms with E-state index < -0.39 is 24.5 Å². The molecule has 2 atom stereocenters. The van der Waals surface area contributed by atoms with E-state index in [0.717, 1.165) is 83.5 Å². The Labute approximate surface area is 368 Å². The van der Waals surface area contributed by atoms with Gasteiger partial charge in [0.15, 0.2) is 0 Å². The Bertz CT molecular complexity index is 1060. The SMILES string of the molecule is CCCCCCC/C=C\C/C=C\CCCCCC(CCCCCCCC(=O)NCC(=O)NC(CO)C(=O)O)OC(=O)CCCCCCCCCCCCCCCCCCC. The summed E-state index contributed by atoms with van der Waals surface area (Å²) in [5.74, 6) is -2.29. The van der Waals surface area contributed by atoms with Crippen molar-refractivity contribution in [3.63, 3.8) is 0 Å². The summed E-state index contributed by atoms with van der Waals surface area (Å²) in [6.45, 7) is 3.50. The number of allylic oxidation sites excluding steroid dienone is 4. The van der Waals surface area contributed by atoms with Crippen LogP contribution in [0.4, 0.5) is 0 Å². The van der Waals surface area contributed by atoms with E-state index in [1.165, 1.54) is 135 Å². The monoisotopic (exact) mass is 847 g/mol. The lowest BCUT2D eigenvalue weighted by Crippen LogP contribution is -2.47. The first-order valence-corrected chi connectivity index (χ1v) is 25.2. The Morgan fingerprint density at radius 3 is 1.35 bits per heavy atom. The largest absolute Gasteiger partial charge is 0.480 e. The number of unbranched alkanes of at least 4 members (excludes halogenated alkanes) is 28. The van der Waals surface area contributed by atoms with Crippen molar-refractivity contribution in [3.05, 3.63) is 24.3 Å². The summed E-state index contributed by atoms with van der Waals surface area (Å²) in [6.07, 6.45) is 52.1. The molecule has 350 valence electrons. The number of hydrogen-bond donors (Lipinski definition) is 4. The molecule has 4 N–H and O–H groups in total. The number of carbonyl (C=O) groups excluding carboxylic acids is 3. The van der Waals surface area contributed by atoms with E-state index in [-0.39, 0.29) is 24.5 Å². The van der Waals surface area contributed by atoms with Crippen molar-refractivity contribution in [2.45, 2.75) is 264 Å². The summed E-state index contributed by atoms with van der Waals surface area (Å²) in [5, 5.41) is 22.6. The van der Waals surface area contributed by atoms with Crippen LogP contribution in [0, 0.1) is 0 Å². The minimum Gasteiger partial charge on any atom is -0.480 e. The predicted molar refractivity (Wildman–Crippen MR) is 250 cm³/mol. The summed E-state index contributed by atoms with van der Waals surface area (Å²) in [4.78, 5) is 47.8. The van der Waals surface area contributed by atoms with Crippen LogP contribution in [0.15, 0.2) is 24.3 Å². The van der Waals surface area contributed by atoms with E-state index in [2.05, 4.69) is 48.8 Å². The Kier molecular flexibility index (Phi) is 43.8.